The van der Waals surface area contributed by atoms with Gasteiger partial charge in [0, 0.05) is 12.1 Å². The quantitative estimate of drug-likeness (QED) is 0.521. The van der Waals surface area contributed by atoms with Gasteiger partial charge in [0.05, 0.1) is 7.11 Å². The molecule has 1 aromatic carbocycles. The van der Waals surface area contributed by atoms with Crippen molar-refractivity contribution in [2.24, 2.45) is 0 Å². The van der Waals surface area contributed by atoms with Crippen LogP contribution in [-0.2, 0) is 16.2 Å². The third kappa shape index (κ3) is 4.12. The molecular formula is C17H23N4O3S2+. The number of aliphatic hydroxyl groups is 1. The van der Waals surface area contributed by atoms with Crippen LogP contribution in [-0.4, -0.2) is 46.7 Å². The van der Waals surface area contributed by atoms with Crippen LogP contribution < -0.4 is 10.2 Å². The maximum atomic E-state index is 11.9. The summed E-state index contributed by atoms with van der Waals surface area (Å²) in [4.78, 5) is 12.8. The van der Waals surface area contributed by atoms with Crippen LogP contribution in [0.5, 0.6) is 0 Å². The van der Waals surface area contributed by atoms with E-state index in [1.807, 2.05) is 6.07 Å². The molecule has 1 aliphatic rings. The van der Waals surface area contributed by atoms with Crippen LogP contribution in [0, 0.1) is 17.8 Å². The van der Waals surface area contributed by atoms with Crippen molar-refractivity contribution < 1.29 is 19.5 Å². The van der Waals surface area contributed by atoms with E-state index in [0.29, 0.717) is 28.7 Å². The highest BCUT2D eigenvalue weighted by molar-refractivity contribution is 7.73. The summed E-state index contributed by atoms with van der Waals surface area (Å²) >= 11 is 6.80. The van der Waals surface area contributed by atoms with Crippen LogP contribution in [0.25, 0.3) is 0 Å². The molecule has 26 heavy (non-hydrogen) atoms. The van der Waals surface area contributed by atoms with Crippen molar-refractivity contribution in [2.45, 2.75) is 39.1 Å². The number of hydrogen-bond acceptors (Lipinski definition) is 7. The van der Waals surface area contributed by atoms with Crippen molar-refractivity contribution in [2.75, 3.05) is 19.0 Å². The lowest BCUT2D eigenvalue weighted by molar-refractivity contribution is -0.928. The number of rotatable bonds is 5. The maximum absolute atomic E-state index is 11.9. The van der Waals surface area contributed by atoms with Crippen LogP contribution >= 0.6 is 23.6 Å². The van der Waals surface area contributed by atoms with E-state index in [9.17, 15) is 9.90 Å². The summed E-state index contributed by atoms with van der Waals surface area (Å²) in [7, 11) is 1.37. The van der Waals surface area contributed by atoms with Crippen LogP contribution in [0.15, 0.2) is 18.2 Å². The van der Waals surface area contributed by atoms with Crippen LogP contribution in [0.1, 0.15) is 17.5 Å². The smallest absolute Gasteiger partial charge is 0.364 e. The molecule has 1 aromatic heterocycles. The SMILES string of the molecule is COC(=O)[C@@H]1C[C@H](O)C[NH+]1Cn1nc(Nc2ccc(C)c(C)c2)sc1=S. The van der Waals surface area contributed by atoms with E-state index in [2.05, 4.69) is 36.4 Å². The minimum absolute atomic E-state index is 0.313. The first-order valence-corrected chi connectivity index (χ1v) is 9.62. The van der Waals surface area contributed by atoms with Gasteiger partial charge in [0.2, 0.25) is 5.13 Å². The summed E-state index contributed by atoms with van der Waals surface area (Å²) in [5.41, 5.74) is 3.40. The topological polar surface area (TPSA) is 80.8 Å². The second kappa shape index (κ2) is 7.83. The molecule has 9 heteroatoms. The fraction of sp³-hybridized carbons (Fsp3) is 0.471. The normalized spacial score (nSPS) is 22.4. The fourth-order valence-electron chi connectivity index (χ4n) is 3.14. The zero-order chi connectivity index (χ0) is 18.8. The molecule has 3 N–H and O–H groups in total. The molecule has 3 atom stereocenters. The van der Waals surface area contributed by atoms with Gasteiger partial charge in [0.25, 0.3) is 0 Å². The largest absolute Gasteiger partial charge is 0.465 e. The van der Waals surface area contributed by atoms with Gasteiger partial charge in [0.15, 0.2) is 16.7 Å². The molecule has 1 fully saturated rings. The zero-order valence-electron chi connectivity index (χ0n) is 15.0. The van der Waals surface area contributed by atoms with E-state index in [1.54, 1.807) is 4.68 Å². The van der Waals surface area contributed by atoms with Gasteiger partial charge in [0.1, 0.15) is 12.6 Å². The van der Waals surface area contributed by atoms with Gasteiger partial charge in [-0.1, -0.05) is 17.4 Å². The molecule has 0 aliphatic carbocycles. The van der Waals surface area contributed by atoms with Gasteiger partial charge in [-0.15, -0.1) is 5.10 Å². The van der Waals surface area contributed by atoms with Crippen molar-refractivity contribution in [3.63, 3.8) is 0 Å². The lowest BCUT2D eigenvalue weighted by atomic mass is 10.1. The molecule has 1 unspecified atom stereocenters. The number of carbonyl (C=O) groups is 1. The summed E-state index contributed by atoms with van der Waals surface area (Å²) in [5, 5.41) is 18.4. The number of hydrogen-bond donors (Lipinski definition) is 3. The van der Waals surface area contributed by atoms with Gasteiger partial charge in [-0.3, -0.25) is 0 Å². The number of benzene rings is 1. The molecule has 0 saturated carbocycles. The van der Waals surface area contributed by atoms with E-state index in [0.717, 1.165) is 10.6 Å². The van der Waals surface area contributed by atoms with E-state index in [4.69, 9.17) is 17.0 Å². The molecule has 0 radical (unpaired) electrons. The highest BCUT2D eigenvalue weighted by Crippen LogP contribution is 2.22. The Kier molecular flexibility index (Phi) is 5.71. The van der Waals surface area contributed by atoms with Gasteiger partial charge in [-0.05, 0) is 49.3 Å². The Labute approximate surface area is 161 Å². The Balaban J connectivity index is 1.74. The minimum atomic E-state index is -0.518. The van der Waals surface area contributed by atoms with E-state index >= 15 is 0 Å². The molecule has 0 bridgehead atoms. The van der Waals surface area contributed by atoms with Crippen LogP contribution in [0.3, 0.4) is 0 Å². The van der Waals surface area contributed by atoms with Gasteiger partial charge >= 0.3 is 5.97 Å². The van der Waals surface area contributed by atoms with Gasteiger partial charge in [-0.25, -0.2) is 4.79 Å². The Morgan fingerprint density at radius 3 is 2.96 bits per heavy atom. The third-order valence-corrected chi connectivity index (χ3v) is 5.92. The fourth-order valence-corrected chi connectivity index (χ4v) is 4.17. The highest BCUT2D eigenvalue weighted by Gasteiger charge is 2.41. The van der Waals surface area contributed by atoms with Crippen molar-refractivity contribution in [3.05, 3.63) is 33.3 Å². The Bertz CT molecular complexity index is 864. The molecule has 1 aliphatic heterocycles. The number of aromatic nitrogens is 2. The summed E-state index contributed by atoms with van der Waals surface area (Å²) in [5.74, 6) is -0.313. The van der Waals surface area contributed by atoms with Gasteiger partial charge in [-0.2, -0.15) is 4.68 Å². The van der Waals surface area contributed by atoms with Crippen molar-refractivity contribution >= 4 is 40.3 Å². The summed E-state index contributed by atoms with van der Waals surface area (Å²) in [6.07, 6.45) is -0.122. The summed E-state index contributed by atoms with van der Waals surface area (Å²) in [6, 6.07) is 5.74. The van der Waals surface area contributed by atoms with Crippen molar-refractivity contribution in [1.82, 2.24) is 9.78 Å². The Morgan fingerprint density at radius 1 is 1.50 bits per heavy atom. The van der Waals surface area contributed by atoms with Crippen LogP contribution in [0.2, 0.25) is 0 Å². The Morgan fingerprint density at radius 2 is 2.27 bits per heavy atom. The molecule has 0 spiro atoms. The average Bonchev–Trinajstić information content (AvgIpc) is 3.13. The summed E-state index contributed by atoms with van der Waals surface area (Å²) < 4.78 is 7.17. The number of nitrogens with one attached hydrogen (secondary N) is 2. The molecule has 3 rings (SSSR count). The number of ether oxygens (including phenoxy) is 1. The number of nitrogens with zero attached hydrogens (tertiary/aromatic N) is 2. The molecular weight excluding hydrogens is 372 g/mol. The lowest BCUT2D eigenvalue weighted by Gasteiger charge is -2.18. The first-order valence-electron chi connectivity index (χ1n) is 8.40. The first-order chi connectivity index (χ1) is 12.4. The van der Waals surface area contributed by atoms with E-state index < -0.39 is 12.1 Å². The van der Waals surface area contributed by atoms with Crippen LogP contribution in [0.4, 0.5) is 10.8 Å². The van der Waals surface area contributed by atoms with E-state index in [1.165, 1.54) is 29.6 Å². The average molecular weight is 396 g/mol. The minimum Gasteiger partial charge on any atom is -0.465 e. The number of anilines is 2. The first kappa shape index (κ1) is 19.0. The molecule has 7 nitrogen and oxygen atoms in total. The predicted octanol–water partition coefficient (Wildman–Crippen LogP) is 1.18. The second-order valence-electron chi connectivity index (χ2n) is 6.58. The summed E-state index contributed by atoms with van der Waals surface area (Å²) in [6.45, 7) is 5.03. The number of quaternary nitrogens is 1. The third-order valence-electron chi connectivity index (χ3n) is 4.70. The monoisotopic (exact) mass is 395 g/mol. The number of esters is 1. The van der Waals surface area contributed by atoms with Gasteiger partial charge < -0.3 is 20.1 Å². The molecule has 2 heterocycles. The lowest BCUT2D eigenvalue weighted by Crippen LogP contribution is -3.14. The highest BCUT2D eigenvalue weighted by atomic mass is 32.1. The molecule has 2 aromatic rings. The molecule has 140 valence electrons. The standard InChI is InChI=1S/C17H22N4O3S2/c1-10-4-5-12(6-11(10)2)18-16-19-21(17(25)26-16)9-20-8-13(22)7-14(20)15(23)24-3/h4-6,13-14,22H,7-9H2,1-3H3,(H,18,19)/p+1/t13-,14-/m0/s1. The predicted molar refractivity (Wildman–Crippen MR) is 102 cm³/mol. The second-order valence-corrected chi connectivity index (χ2v) is 8.21. The maximum Gasteiger partial charge on any atom is 0.364 e. The van der Waals surface area contributed by atoms with Crippen molar-refractivity contribution in [1.29, 1.82) is 0 Å². The number of carbonyl (C=O) groups excluding carboxylic acids is 1. The number of aliphatic hydroxyl groups excluding tert-OH is 1. The number of methoxy groups -OCH3 is 1. The number of likely N-dealkylation sites (tertiary alicyclic amines) is 1. The Hall–Kier alpha value is -1.81. The zero-order valence-corrected chi connectivity index (χ0v) is 16.6. The molecule has 1 saturated heterocycles. The van der Waals surface area contributed by atoms with Crippen molar-refractivity contribution in [3.8, 4) is 0 Å². The van der Waals surface area contributed by atoms with E-state index in [-0.39, 0.29) is 5.97 Å². The number of aryl methyl sites for hydroxylation is 2. The molecule has 0 amide bonds.